The van der Waals surface area contributed by atoms with Gasteiger partial charge in [-0.1, -0.05) is 12.1 Å². The van der Waals surface area contributed by atoms with E-state index < -0.39 is 11.7 Å². The lowest BCUT2D eigenvalue weighted by atomic mass is 9.92. The van der Waals surface area contributed by atoms with Crippen LogP contribution in [-0.4, -0.2) is 51.1 Å². The van der Waals surface area contributed by atoms with Gasteiger partial charge in [0.05, 0.1) is 17.3 Å². The van der Waals surface area contributed by atoms with Crippen molar-refractivity contribution < 1.29 is 14.0 Å². The topological polar surface area (TPSA) is 71.3 Å². The van der Waals surface area contributed by atoms with Crippen LogP contribution in [-0.2, 0) is 16.6 Å². The van der Waals surface area contributed by atoms with Gasteiger partial charge >= 0.3 is 0 Å². The van der Waals surface area contributed by atoms with E-state index in [9.17, 15) is 14.0 Å². The van der Waals surface area contributed by atoms with Crippen LogP contribution < -0.4 is 4.90 Å². The van der Waals surface area contributed by atoms with Crippen molar-refractivity contribution in [1.29, 1.82) is 0 Å². The monoisotopic (exact) mass is 435 g/mol. The second kappa shape index (κ2) is 8.00. The molecule has 4 heterocycles. The van der Waals surface area contributed by atoms with Gasteiger partial charge in [-0.25, -0.2) is 9.37 Å². The lowest BCUT2D eigenvalue weighted by Crippen LogP contribution is -2.42. The summed E-state index contributed by atoms with van der Waals surface area (Å²) in [4.78, 5) is 33.7. The van der Waals surface area contributed by atoms with Crippen molar-refractivity contribution in [3.8, 4) is 0 Å². The van der Waals surface area contributed by atoms with Gasteiger partial charge in [0.15, 0.2) is 5.65 Å². The Morgan fingerprint density at radius 2 is 1.88 bits per heavy atom. The predicted octanol–water partition coefficient (Wildman–Crippen LogP) is 3.17. The fraction of sp³-hybridized carbons (Fsp3) is 0.417. The second-order valence-electron chi connectivity index (χ2n) is 8.77. The number of likely N-dealkylation sites (tertiary alicyclic amines) is 1. The Kier molecular flexibility index (Phi) is 5.15. The Bertz CT molecular complexity index is 1200. The Hall–Kier alpha value is -3.29. The molecule has 0 N–H and O–H groups in total. The van der Waals surface area contributed by atoms with Crippen molar-refractivity contribution in [2.24, 2.45) is 13.0 Å². The zero-order valence-electron chi connectivity index (χ0n) is 18.3. The molecule has 2 saturated heterocycles. The fourth-order valence-electron chi connectivity index (χ4n) is 4.98. The summed E-state index contributed by atoms with van der Waals surface area (Å²) in [6.45, 7) is 3.49. The first-order chi connectivity index (χ1) is 15.4. The molecule has 5 rings (SSSR count). The number of aryl methyl sites for hydroxylation is 2. The molecule has 0 bridgehead atoms. The van der Waals surface area contributed by atoms with Crippen molar-refractivity contribution in [2.45, 2.75) is 32.1 Å². The van der Waals surface area contributed by atoms with Gasteiger partial charge in [0.2, 0.25) is 11.8 Å². The maximum absolute atomic E-state index is 14.1. The van der Waals surface area contributed by atoms with Gasteiger partial charge in [0.25, 0.3) is 0 Å². The largest absolute Gasteiger partial charge is 0.342 e. The molecule has 0 saturated carbocycles. The lowest BCUT2D eigenvalue weighted by Gasteiger charge is -2.33. The van der Waals surface area contributed by atoms with E-state index in [4.69, 9.17) is 4.98 Å². The maximum Gasteiger partial charge on any atom is 0.228 e. The predicted molar refractivity (Wildman–Crippen MR) is 119 cm³/mol. The van der Waals surface area contributed by atoms with Crippen molar-refractivity contribution >= 4 is 28.5 Å². The van der Waals surface area contributed by atoms with E-state index in [1.807, 2.05) is 23.6 Å². The normalized spacial score (nSPS) is 19.8. The average Bonchev–Trinajstić information content (AvgIpc) is 3.32. The molecule has 0 aliphatic carbocycles. The van der Waals surface area contributed by atoms with Crippen LogP contribution in [0, 0.1) is 18.7 Å². The van der Waals surface area contributed by atoms with Gasteiger partial charge in [-0.15, -0.1) is 0 Å². The highest BCUT2D eigenvalue weighted by atomic mass is 19.1. The number of carbonyl (C=O) groups is 2. The Balaban J connectivity index is 1.24. The number of carbonyl (C=O) groups excluding carboxylic acids is 2. The number of piperidine rings is 1. The van der Waals surface area contributed by atoms with Crippen LogP contribution >= 0.6 is 0 Å². The van der Waals surface area contributed by atoms with Crippen molar-refractivity contribution in [2.75, 3.05) is 24.5 Å². The average molecular weight is 436 g/mol. The summed E-state index contributed by atoms with van der Waals surface area (Å²) in [5.41, 5.74) is 3.14. The summed E-state index contributed by atoms with van der Waals surface area (Å²) in [7, 11) is 1.90. The third-order valence-corrected chi connectivity index (χ3v) is 6.74. The Labute approximate surface area is 185 Å². The van der Waals surface area contributed by atoms with Crippen molar-refractivity contribution in [3.63, 3.8) is 0 Å². The van der Waals surface area contributed by atoms with Crippen LogP contribution in [0.15, 0.2) is 36.4 Å². The summed E-state index contributed by atoms with van der Waals surface area (Å²) >= 11 is 0. The number of rotatable bonds is 3. The highest BCUT2D eigenvalue weighted by Gasteiger charge is 2.39. The van der Waals surface area contributed by atoms with E-state index in [1.165, 1.54) is 11.0 Å². The van der Waals surface area contributed by atoms with Gasteiger partial charge in [0.1, 0.15) is 5.82 Å². The van der Waals surface area contributed by atoms with Crippen molar-refractivity contribution in [3.05, 3.63) is 53.6 Å². The first kappa shape index (κ1) is 20.6. The van der Waals surface area contributed by atoms with Crippen molar-refractivity contribution in [1.82, 2.24) is 19.7 Å². The molecular formula is C24H26FN5O2. The SMILES string of the molecule is Cc1nn(C)c2nc(C3CCN(C(=O)C4CC(=O)N(c5ccccc5F)C4)CC3)ccc12. The minimum absolute atomic E-state index is 0.0127. The van der Waals surface area contributed by atoms with E-state index >= 15 is 0 Å². The summed E-state index contributed by atoms with van der Waals surface area (Å²) in [5.74, 6) is -0.791. The highest BCUT2D eigenvalue weighted by molar-refractivity contribution is 6.00. The van der Waals surface area contributed by atoms with Gasteiger partial charge in [-0.05, 0) is 44.0 Å². The number of fused-ring (bicyclic) bond motifs is 1. The summed E-state index contributed by atoms with van der Waals surface area (Å²) < 4.78 is 15.9. The molecule has 2 fully saturated rings. The minimum Gasteiger partial charge on any atom is -0.342 e. The van der Waals surface area contributed by atoms with Gasteiger partial charge in [0, 0.05) is 50.1 Å². The standard InChI is InChI=1S/C24H26FN5O2/c1-15-18-7-8-20(26-23(18)28(2)27-15)16-9-11-29(12-10-16)24(32)17-13-22(31)30(14-17)21-6-4-3-5-19(21)25/h3-8,16-17H,9-14H2,1-2H3. The zero-order valence-corrected chi connectivity index (χ0v) is 18.3. The molecule has 32 heavy (non-hydrogen) atoms. The second-order valence-corrected chi connectivity index (χ2v) is 8.77. The molecule has 8 heteroatoms. The first-order valence-corrected chi connectivity index (χ1v) is 11.1. The number of pyridine rings is 1. The maximum atomic E-state index is 14.1. The van der Waals surface area contributed by atoms with Crippen LogP contribution in [0.5, 0.6) is 0 Å². The van der Waals surface area contributed by atoms with E-state index in [2.05, 4.69) is 17.2 Å². The van der Waals surface area contributed by atoms with Gasteiger partial charge in [-0.2, -0.15) is 5.10 Å². The molecule has 7 nitrogen and oxygen atoms in total. The molecule has 0 radical (unpaired) electrons. The Morgan fingerprint density at radius 3 is 2.62 bits per heavy atom. The molecule has 166 valence electrons. The van der Waals surface area contributed by atoms with Gasteiger partial charge in [-0.3, -0.25) is 14.3 Å². The smallest absolute Gasteiger partial charge is 0.228 e. The molecule has 1 unspecified atom stereocenters. The van der Waals surface area contributed by atoms with E-state index in [0.29, 0.717) is 19.0 Å². The lowest BCUT2D eigenvalue weighted by molar-refractivity contribution is -0.136. The Morgan fingerprint density at radius 1 is 1.12 bits per heavy atom. The number of aromatic nitrogens is 3. The molecule has 2 aliphatic heterocycles. The third-order valence-electron chi connectivity index (χ3n) is 6.74. The highest BCUT2D eigenvalue weighted by Crippen LogP contribution is 2.32. The summed E-state index contributed by atoms with van der Waals surface area (Å²) in [6.07, 6.45) is 1.79. The van der Waals surface area contributed by atoms with Crippen LogP contribution in [0.4, 0.5) is 10.1 Å². The minimum atomic E-state index is -0.442. The molecule has 1 aromatic carbocycles. The third kappa shape index (κ3) is 3.53. The van der Waals surface area contributed by atoms with E-state index in [-0.39, 0.29) is 30.5 Å². The molecule has 3 aromatic rings. The number of amides is 2. The van der Waals surface area contributed by atoms with Crippen LogP contribution in [0.2, 0.25) is 0 Å². The number of para-hydroxylation sites is 1. The molecule has 2 aliphatic rings. The number of benzene rings is 1. The van der Waals surface area contributed by atoms with Crippen LogP contribution in [0.1, 0.15) is 36.6 Å². The number of hydrogen-bond acceptors (Lipinski definition) is 4. The summed E-state index contributed by atoms with van der Waals surface area (Å²) in [6, 6.07) is 10.4. The van der Waals surface area contributed by atoms with E-state index in [1.54, 1.807) is 18.2 Å². The molecule has 0 spiro atoms. The molecule has 2 aromatic heterocycles. The molecular weight excluding hydrogens is 409 g/mol. The van der Waals surface area contributed by atoms with Crippen LogP contribution in [0.3, 0.4) is 0 Å². The molecule has 2 amide bonds. The number of halogens is 1. The number of hydrogen-bond donors (Lipinski definition) is 0. The number of anilines is 1. The van der Waals surface area contributed by atoms with Crippen LogP contribution in [0.25, 0.3) is 11.0 Å². The van der Waals surface area contributed by atoms with Gasteiger partial charge < -0.3 is 9.80 Å². The first-order valence-electron chi connectivity index (χ1n) is 11.1. The summed E-state index contributed by atoms with van der Waals surface area (Å²) in [5, 5.41) is 5.51. The zero-order chi connectivity index (χ0) is 22.4. The quantitative estimate of drug-likeness (QED) is 0.634. The molecule has 1 atom stereocenters. The number of nitrogens with zero attached hydrogens (tertiary/aromatic N) is 5. The fourth-order valence-corrected chi connectivity index (χ4v) is 4.98. The van der Waals surface area contributed by atoms with E-state index in [0.717, 1.165) is 35.3 Å².